The summed E-state index contributed by atoms with van der Waals surface area (Å²) in [5, 5.41) is 8.14. The van der Waals surface area contributed by atoms with Crippen LogP contribution in [-0.2, 0) is 11.8 Å². The van der Waals surface area contributed by atoms with Crippen LogP contribution in [0.15, 0.2) is 18.2 Å². The van der Waals surface area contributed by atoms with Crippen molar-refractivity contribution in [2.45, 2.75) is 19.4 Å². The Morgan fingerprint density at radius 2 is 2.08 bits per heavy atom. The average molecular weight is 343 g/mol. The van der Waals surface area contributed by atoms with Gasteiger partial charge in [-0.1, -0.05) is 18.6 Å². The number of nitrogens with zero attached hydrogens (tertiary/aromatic N) is 5. The largest absolute Gasteiger partial charge is 0.379 e. The summed E-state index contributed by atoms with van der Waals surface area (Å²) in [7, 11) is 1.86. The Hall–Kier alpha value is -1.99. The van der Waals surface area contributed by atoms with E-state index in [1.165, 1.54) is 0 Å². The molecule has 1 aromatic heterocycles. The molecule has 0 aliphatic carbocycles. The van der Waals surface area contributed by atoms with Gasteiger partial charge in [0.2, 0.25) is 0 Å². The Morgan fingerprint density at radius 3 is 2.84 bits per heavy atom. The SMILES string of the molecule is CCC1CN(C(=O)c2ccc3c(c2)nnn3C)CC1N1CCOCC1. The maximum absolute atomic E-state index is 13.0. The van der Waals surface area contributed by atoms with Crippen molar-refractivity contribution >= 4 is 16.9 Å². The first-order chi connectivity index (χ1) is 12.2. The van der Waals surface area contributed by atoms with Crippen molar-refractivity contribution in [3.05, 3.63) is 23.8 Å². The van der Waals surface area contributed by atoms with E-state index < -0.39 is 0 Å². The van der Waals surface area contributed by atoms with Gasteiger partial charge in [-0.2, -0.15) is 0 Å². The fourth-order valence-electron chi connectivity index (χ4n) is 4.10. The Kier molecular flexibility index (Phi) is 4.43. The van der Waals surface area contributed by atoms with Crippen molar-refractivity contribution in [1.82, 2.24) is 24.8 Å². The smallest absolute Gasteiger partial charge is 0.253 e. The Labute approximate surface area is 147 Å². The molecule has 0 spiro atoms. The highest BCUT2D eigenvalue weighted by molar-refractivity contribution is 5.97. The molecule has 2 saturated heterocycles. The number of amides is 1. The first kappa shape index (κ1) is 16.5. The van der Waals surface area contributed by atoms with Crippen LogP contribution >= 0.6 is 0 Å². The fourth-order valence-corrected chi connectivity index (χ4v) is 4.10. The van der Waals surface area contributed by atoms with Gasteiger partial charge in [0.15, 0.2) is 0 Å². The third kappa shape index (κ3) is 3.02. The Balaban J connectivity index is 1.52. The maximum atomic E-state index is 13.0. The lowest BCUT2D eigenvalue weighted by atomic mass is 9.99. The first-order valence-electron chi connectivity index (χ1n) is 9.08. The van der Waals surface area contributed by atoms with E-state index in [1.807, 2.05) is 30.1 Å². The molecule has 25 heavy (non-hydrogen) atoms. The summed E-state index contributed by atoms with van der Waals surface area (Å²) in [6.07, 6.45) is 1.09. The number of carbonyl (C=O) groups is 1. The lowest BCUT2D eigenvalue weighted by Gasteiger charge is -2.34. The van der Waals surface area contributed by atoms with E-state index in [1.54, 1.807) is 4.68 Å². The zero-order valence-corrected chi connectivity index (χ0v) is 14.9. The molecule has 0 N–H and O–H groups in total. The molecular formula is C18H25N5O2. The Morgan fingerprint density at radius 1 is 1.28 bits per heavy atom. The molecule has 2 aliphatic rings. The lowest BCUT2D eigenvalue weighted by molar-refractivity contribution is 0.0103. The quantitative estimate of drug-likeness (QED) is 0.837. The molecule has 2 aliphatic heterocycles. The van der Waals surface area contributed by atoms with Crippen molar-refractivity contribution in [3.63, 3.8) is 0 Å². The molecule has 7 nitrogen and oxygen atoms in total. The summed E-state index contributed by atoms with van der Waals surface area (Å²) in [6, 6.07) is 6.11. The van der Waals surface area contributed by atoms with E-state index in [9.17, 15) is 4.79 Å². The van der Waals surface area contributed by atoms with Gasteiger partial charge in [-0.3, -0.25) is 9.69 Å². The molecule has 0 radical (unpaired) electrons. The fraction of sp³-hybridized carbons (Fsp3) is 0.611. The maximum Gasteiger partial charge on any atom is 0.253 e. The van der Waals surface area contributed by atoms with Crippen LogP contribution in [0.4, 0.5) is 0 Å². The van der Waals surface area contributed by atoms with E-state index >= 15 is 0 Å². The van der Waals surface area contributed by atoms with Crippen LogP contribution in [0.25, 0.3) is 11.0 Å². The Bertz CT molecular complexity index is 768. The molecule has 4 rings (SSSR count). The minimum Gasteiger partial charge on any atom is -0.379 e. The number of aromatic nitrogens is 3. The van der Waals surface area contributed by atoms with Gasteiger partial charge in [-0.25, -0.2) is 4.68 Å². The van der Waals surface area contributed by atoms with Crippen molar-refractivity contribution in [1.29, 1.82) is 0 Å². The van der Waals surface area contributed by atoms with Gasteiger partial charge >= 0.3 is 0 Å². The first-order valence-corrected chi connectivity index (χ1v) is 9.08. The van der Waals surface area contributed by atoms with Crippen LogP contribution in [0.5, 0.6) is 0 Å². The third-order valence-electron chi connectivity index (χ3n) is 5.59. The summed E-state index contributed by atoms with van der Waals surface area (Å²) >= 11 is 0. The van der Waals surface area contributed by atoms with Crippen LogP contribution in [0.1, 0.15) is 23.7 Å². The molecule has 3 heterocycles. The van der Waals surface area contributed by atoms with E-state index in [-0.39, 0.29) is 5.91 Å². The second kappa shape index (κ2) is 6.72. The normalized spacial score (nSPS) is 25.0. The minimum absolute atomic E-state index is 0.0989. The zero-order valence-electron chi connectivity index (χ0n) is 14.9. The van der Waals surface area contributed by atoms with E-state index in [0.717, 1.165) is 56.8 Å². The number of hydrogen-bond donors (Lipinski definition) is 0. The van der Waals surface area contributed by atoms with Crippen LogP contribution in [0, 0.1) is 5.92 Å². The highest BCUT2D eigenvalue weighted by Gasteiger charge is 2.38. The summed E-state index contributed by atoms with van der Waals surface area (Å²) in [4.78, 5) is 17.5. The van der Waals surface area contributed by atoms with Crippen LogP contribution in [-0.4, -0.2) is 76.1 Å². The van der Waals surface area contributed by atoms with Gasteiger partial charge < -0.3 is 9.64 Å². The van der Waals surface area contributed by atoms with Crippen LogP contribution in [0.3, 0.4) is 0 Å². The molecule has 0 bridgehead atoms. The molecule has 1 aromatic carbocycles. The van der Waals surface area contributed by atoms with Crippen LogP contribution in [0.2, 0.25) is 0 Å². The van der Waals surface area contributed by atoms with Gasteiger partial charge in [0.05, 0.1) is 18.7 Å². The van der Waals surface area contributed by atoms with Crippen molar-refractivity contribution < 1.29 is 9.53 Å². The van der Waals surface area contributed by atoms with E-state index in [4.69, 9.17) is 4.74 Å². The van der Waals surface area contributed by atoms with Gasteiger partial charge in [-0.05, 0) is 24.1 Å². The monoisotopic (exact) mass is 343 g/mol. The molecule has 0 saturated carbocycles. The summed E-state index contributed by atoms with van der Waals surface area (Å²) < 4.78 is 7.20. The molecule has 2 atom stereocenters. The van der Waals surface area contributed by atoms with E-state index in [2.05, 4.69) is 22.1 Å². The number of ether oxygens (including phenoxy) is 1. The summed E-state index contributed by atoms with van der Waals surface area (Å²) in [5.74, 6) is 0.629. The average Bonchev–Trinajstić information content (AvgIpc) is 3.25. The second-order valence-corrected chi connectivity index (χ2v) is 7.01. The molecule has 134 valence electrons. The van der Waals surface area contributed by atoms with Gasteiger partial charge in [0, 0.05) is 44.8 Å². The van der Waals surface area contributed by atoms with Gasteiger partial charge in [-0.15, -0.1) is 5.10 Å². The van der Waals surface area contributed by atoms with Gasteiger partial charge in [0.25, 0.3) is 5.91 Å². The number of fused-ring (bicyclic) bond motifs is 1. The zero-order chi connectivity index (χ0) is 17.4. The summed E-state index contributed by atoms with van der Waals surface area (Å²) in [5.41, 5.74) is 2.41. The number of aryl methyl sites for hydroxylation is 1. The topological polar surface area (TPSA) is 63.5 Å². The standard InChI is InChI=1S/C18H25N5O2/c1-3-13-11-23(12-17(13)22-6-8-25-9-7-22)18(24)14-4-5-16-15(10-14)19-20-21(16)2/h4-5,10,13,17H,3,6-9,11-12H2,1-2H3. The number of benzene rings is 1. The third-order valence-corrected chi connectivity index (χ3v) is 5.59. The number of rotatable bonds is 3. The minimum atomic E-state index is 0.0989. The highest BCUT2D eigenvalue weighted by atomic mass is 16.5. The molecule has 2 aromatic rings. The van der Waals surface area contributed by atoms with Crippen molar-refractivity contribution in [2.75, 3.05) is 39.4 Å². The number of likely N-dealkylation sites (tertiary alicyclic amines) is 1. The molecule has 2 unspecified atom stereocenters. The number of hydrogen-bond acceptors (Lipinski definition) is 5. The van der Waals surface area contributed by atoms with Crippen molar-refractivity contribution in [3.8, 4) is 0 Å². The highest BCUT2D eigenvalue weighted by Crippen LogP contribution is 2.27. The molecule has 1 amide bonds. The molecule has 2 fully saturated rings. The second-order valence-electron chi connectivity index (χ2n) is 7.01. The van der Waals surface area contributed by atoms with E-state index in [0.29, 0.717) is 17.5 Å². The lowest BCUT2D eigenvalue weighted by Crippen LogP contribution is -2.47. The molecular weight excluding hydrogens is 318 g/mol. The molecule has 7 heteroatoms. The van der Waals surface area contributed by atoms with Crippen molar-refractivity contribution in [2.24, 2.45) is 13.0 Å². The van der Waals surface area contributed by atoms with Crippen LogP contribution < -0.4 is 0 Å². The number of morpholine rings is 1. The predicted octanol–water partition coefficient (Wildman–Crippen LogP) is 1.15. The van der Waals surface area contributed by atoms with Gasteiger partial charge in [0.1, 0.15) is 5.52 Å². The predicted molar refractivity (Wildman–Crippen MR) is 94.4 cm³/mol. The summed E-state index contributed by atoms with van der Waals surface area (Å²) in [6.45, 7) is 7.38. The number of carbonyl (C=O) groups excluding carboxylic acids is 1.